The standard InChI is InChI=1S/C39H43N4O9P.C23H23N5O11/c1-51-38(49)30-18-16-26(22-33(30)53(28-12-6-4-7-13-28)29-14-8-5-9-15-29)36(47)41-21-11-3-2-10-20-40-34(46)19-17-27-24-43(39(50)42-37(27)48)35-23-31(45)32(25-44)52-35;24-28-25-1-2-36-3-4-37-5-6-38-7-8-39-11-16(29)14-9-12(22(32)33)17-18-13(10-15(27-18)23(34)35)20(30)21(31)19(17)26-14/h4-9,12-19,22,24,31-32,35,44-45H,2-3,10-11,20-21,23,25H2,1H3,(H,40,46)(H,41,47)(H,42,48,50);9-10,27H,1-8,11H2,(H,32,33)(H,34,35)/b19-17+;/t31?,32-,35-;/m1./s1. The second-order valence-corrected chi connectivity index (χ2v) is 22.4. The van der Waals surface area contributed by atoms with Crippen LogP contribution in [0.5, 0.6) is 0 Å². The number of Topliss-reactive ketones (excluding diaryl/α,β-unsaturated/α-hetero) is 3. The first kappa shape index (κ1) is 69.8. The number of methoxy groups -OCH3 is 1. The van der Waals surface area contributed by atoms with Gasteiger partial charge < -0.3 is 64.5 Å². The first-order valence-electron chi connectivity index (χ1n) is 28.8. The number of aliphatic hydroxyl groups excluding tert-OH is 2. The Morgan fingerprint density at radius 3 is 2.01 bits per heavy atom. The van der Waals surface area contributed by atoms with Gasteiger partial charge in [-0.15, -0.1) is 0 Å². The van der Waals surface area contributed by atoms with Crippen molar-refractivity contribution in [3.63, 3.8) is 0 Å². The number of amides is 2. The zero-order valence-electron chi connectivity index (χ0n) is 49.6. The van der Waals surface area contributed by atoms with E-state index in [4.69, 9.17) is 34.0 Å². The van der Waals surface area contributed by atoms with Crippen molar-refractivity contribution in [2.45, 2.75) is 50.5 Å². The fourth-order valence-corrected chi connectivity index (χ4v) is 11.9. The number of ether oxygens (including phenoxy) is 6. The number of nitrogens with one attached hydrogen (secondary N) is 4. The first-order chi connectivity index (χ1) is 44.4. The average molecular weight is 1290 g/mol. The summed E-state index contributed by atoms with van der Waals surface area (Å²) in [6, 6.07) is 26.8. The SMILES string of the molecule is COC(=O)c1ccc(C(=O)NCCCCCCNC(=O)/C=C/c2cn([C@H]3CC(O)[C@@H](CO)O3)c(=O)[nH]c2=O)cc1P(c1ccccc1)c1ccccc1.[N-]=[N+]=NCCOCCOCCOCCOCC(=O)c1cc(C(=O)O)c2c(n1)C(=O)C(=O)c1cc(C(=O)O)[nH]c1-2. The number of aliphatic hydroxyl groups is 2. The molecule has 0 radical (unpaired) electrons. The van der Waals surface area contributed by atoms with Crippen LogP contribution in [0.2, 0.25) is 0 Å². The highest BCUT2D eigenvalue weighted by atomic mass is 31.1. The highest BCUT2D eigenvalue weighted by Gasteiger charge is 2.39. The Balaban J connectivity index is 0.000000274. The minimum absolute atomic E-state index is 0.0200. The van der Waals surface area contributed by atoms with Crippen LogP contribution in [0.25, 0.3) is 27.8 Å². The number of unbranched alkanes of at least 4 members (excludes halogenated alkanes) is 3. The average Bonchev–Trinajstić information content (AvgIpc) is 1.42. The molecular formula is C62H66N9O20P. The number of H-pyrrole nitrogens is 2. The van der Waals surface area contributed by atoms with Crippen molar-refractivity contribution >= 4 is 77.0 Å². The summed E-state index contributed by atoms with van der Waals surface area (Å²) in [5.74, 6) is -7.04. The number of esters is 1. The van der Waals surface area contributed by atoms with Crippen LogP contribution in [0.1, 0.15) is 117 Å². The van der Waals surface area contributed by atoms with Gasteiger partial charge in [-0.1, -0.05) is 78.6 Å². The molecule has 0 bridgehead atoms. The van der Waals surface area contributed by atoms with E-state index in [0.29, 0.717) is 57.1 Å². The van der Waals surface area contributed by atoms with Crippen LogP contribution in [0, 0.1) is 0 Å². The van der Waals surface area contributed by atoms with Crippen molar-refractivity contribution < 1.29 is 87.2 Å². The molecule has 1 unspecified atom stereocenters. The predicted molar refractivity (Wildman–Crippen MR) is 330 cm³/mol. The number of pyridine rings is 1. The molecule has 29 nitrogen and oxygen atoms in total. The molecule has 1 aliphatic heterocycles. The normalized spacial score (nSPS) is 14.8. The number of benzene rings is 3. The Hall–Kier alpha value is -9.67. The van der Waals surface area contributed by atoms with Gasteiger partial charge in [0.05, 0.1) is 94.0 Å². The van der Waals surface area contributed by atoms with Crippen molar-refractivity contribution in [3.8, 4) is 11.3 Å². The van der Waals surface area contributed by atoms with E-state index < -0.39 is 115 Å². The molecule has 92 heavy (non-hydrogen) atoms. The maximum absolute atomic E-state index is 13.2. The minimum Gasteiger partial charge on any atom is -0.478 e. The molecule has 2 amide bonds. The number of aromatic amines is 2. The third-order valence-corrected chi connectivity index (χ3v) is 16.5. The van der Waals surface area contributed by atoms with Crippen LogP contribution in [0.4, 0.5) is 0 Å². The third-order valence-electron chi connectivity index (χ3n) is 14.0. The lowest BCUT2D eigenvalue weighted by Gasteiger charge is -2.22. The number of aromatic nitrogens is 4. The van der Waals surface area contributed by atoms with Gasteiger partial charge >= 0.3 is 23.6 Å². The predicted octanol–water partition coefficient (Wildman–Crippen LogP) is 3.25. The summed E-state index contributed by atoms with van der Waals surface area (Å²) in [5.41, 5.74) is 4.99. The van der Waals surface area contributed by atoms with Gasteiger partial charge in [-0.3, -0.25) is 38.3 Å². The summed E-state index contributed by atoms with van der Waals surface area (Å²) in [5, 5.41) is 50.1. The Morgan fingerprint density at radius 2 is 1.41 bits per heavy atom. The van der Waals surface area contributed by atoms with Crippen LogP contribution in [-0.4, -0.2) is 185 Å². The molecule has 3 atom stereocenters. The molecule has 0 spiro atoms. The smallest absolute Gasteiger partial charge is 0.352 e. The van der Waals surface area contributed by atoms with Gasteiger partial charge in [0.2, 0.25) is 17.5 Å². The van der Waals surface area contributed by atoms with Gasteiger partial charge in [0.1, 0.15) is 36.0 Å². The van der Waals surface area contributed by atoms with Crippen LogP contribution in [-0.2, 0) is 33.2 Å². The Kier molecular flexibility index (Phi) is 26.6. The second kappa shape index (κ2) is 35.1. The highest BCUT2D eigenvalue weighted by molar-refractivity contribution is 7.80. The molecule has 3 aromatic heterocycles. The van der Waals surface area contributed by atoms with E-state index in [1.165, 1.54) is 25.5 Å². The lowest BCUT2D eigenvalue weighted by atomic mass is 9.88. The summed E-state index contributed by atoms with van der Waals surface area (Å²) >= 11 is 0. The fraction of sp³-hybridized carbons (Fsp3) is 0.339. The molecule has 3 aromatic carbocycles. The molecule has 30 heteroatoms. The van der Waals surface area contributed by atoms with Gasteiger partial charge in [-0.05, 0) is 73.3 Å². The summed E-state index contributed by atoms with van der Waals surface area (Å²) < 4.78 is 32.7. The number of rotatable bonds is 33. The number of carbonyl (C=O) groups is 8. The topological polar surface area (TPSA) is 429 Å². The minimum atomic E-state index is -1.52. The van der Waals surface area contributed by atoms with E-state index in [-0.39, 0.29) is 61.1 Å². The van der Waals surface area contributed by atoms with Gasteiger partial charge in [0.25, 0.3) is 17.2 Å². The number of ketones is 3. The molecule has 6 aromatic rings. The molecule has 0 saturated carbocycles. The van der Waals surface area contributed by atoms with Crippen molar-refractivity contribution in [1.82, 2.24) is 30.2 Å². The quantitative estimate of drug-likeness (QED) is 0.00337. The molecule has 8 N–H and O–H groups in total. The molecule has 4 heterocycles. The number of carboxylic acid groups (broad SMARTS) is 2. The zero-order valence-corrected chi connectivity index (χ0v) is 50.5. The maximum Gasteiger partial charge on any atom is 0.352 e. The molecular weight excluding hydrogens is 1220 g/mol. The summed E-state index contributed by atoms with van der Waals surface area (Å²) in [4.78, 5) is 135. The van der Waals surface area contributed by atoms with Crippen LogP contribution in [0.3, 0.4) is 0 Å². The Labute approximate surface area is 525 Å². The molecule has 1 saturated heterocycles. The zero-order chi connectivity index (χ0) is 66.1. The lowest BCUT2D eigenvalue weighted by Crippen LogP contribution is -2.33. The Bertz CT molecular complexity index is 3790. The largest absolute Gasteiger partial charge is 0.478 e. The number of aromatic carboxylic acids is 2. The number of carboxylic acids is 2. The van der Waals surface area contributed by atoms with E-state index in [9.17, 15) is 68.4 Å². The summed E-state index contributed by atoms with van der Waals surface area (Å²) in [7, 11) is 0.183. The molecule has 2 aliphatic rings. The first-order valence-corrected chi connectivity index (χ1v) is 30.2. The lowest BCUT2D eigenvalue weighted by molar-refractivity contribution is -0.116. The molecule has 8 rings (SSSR count). The van der Waals surface area contributed by atoms with Gasteiger partial charge in [-0.25, -0.2) is 24.2 Å². The number of hydrogen-bond donors (Lipinski definition) is 8. The number of nitrogens with zero attached hydrogens (tertiary/aromatic N) is 5. The van der Waals surface area contributed by atoms with Crippen LogP contribution in [0.15, 0.2) is 118 Å². The monoisotopic (exact) mass is 1290 g/mol. The number of fused-ring (bicyclic) bond motifs is 3. The van der Waals surface area contributed by atoms with Gasteiger partial charge in [-0.2, -0.15) is 0 Å². The molecule has 1 fully saturated rings. The van der Waals surface area contributed by atoms with E-state index in [1.807, 2.05) is 60.7 Å². The fourth-order valence-electron chi connectivity index (χ4n) is 9.45. The highest BCUT2D eigenvalue weighted by Crippen LogP contribution is 2.37. The molecule has 484 valence electrons. The number of carbonyl (C=O) groups excluding carboxylic acids is 6. The summed E-state index contributed by atoms with van der Waals surface area (Å²) in [6.45, 7) is 1.85. The number of azide groups is 1. The van der Waals surface area contributed by atoms with Crippen LogP contribution < -0.4 is 37.8 Å². The van der Waals surface area contributed by atoms with E-state index in [0.717, 1.165) is 51.9 Å². The van der Waals surface area contributed by atoms with Gasteiger partial charge in [0.15, 0.2) is 0 Å². The second-order valence-electron chi connectivity index (χ2n) is 20.2. The van der Waals surface area contributed by atoms with Crippen molar-refractivity contribution in [1.29, 1.82) is 0 Å². The van der Waals surface area contributed by atoms with Crippen LogP contribution >= 0.6 is 7.92 Å². The van der Waals surface area contributed by atoms with Crippen molar-refractivity contribution in [2.24, 2.45) is 5.11 Å². The molecule has 1 aliphatic carbocycles. The summed E-state index contributed by atoms with van der Waals surface area (Å²) in [6.07, 6.45) is 4.19. The van der Waals surface area contributed by atoms with E-state index in [1.54, 1.807) is 18.2 Å². The number of hydrogen-bond acceptors (Lipinski definition) is 20. The third kappa shape index (κ3) is 19.0. The van der Waals surface area contributed by atoms with Crippen molar-refractivity contribution in [2.75, 3.05) is 86.2 Å². The van der Waals surface area contributed by atoms with Gasteiger partial charge in [0, 0.05) is 59.7 Å². The van der Waals surface area contributed by atoms with Crippen molar-refractivity contribution in [3.05, 3.63) is 179 Å². The van der Waals surface area contributed by atoms with E-state index >= 15 is 0 Å². The maximum atomic E-state index is 13.2. The Morgan fingerprint density at radius 1 is 0.783 bits per heavy atom. The van der Waals surface area contributed by atoms with E-state index in [2.05, 4.69) is 35.6 Å².